The maximum absolute atomic E-state index is 12.5. The van der Waals surface area contributed by atoms with Crippen molar-refractivity contribution >= 4 is 16.7 Å². The van der Waals surface area contributed by atoms with Crippen LogP contribution in [0.5, 0.6) is 0 Å². The average Bonchev–Trinajstić information content (AvgIpc) is 3.04. The number of hydrogen-bond donors (Lipinski definition) is 2. The van der Waals surface area contributed by atoms with Gasteiger partial charge in [0.15, 0.2) is 5.52 Å². The number of nitrogens with zero attached hydrogens (tertiary/aromatic N) is 3. The molecule has 2 aromatic carbocycles. The summed E-state index contributed by atoms with van der Waals surface area (Å²) >= 11 is 0. The summed E-state index contributed by atoms with van der Waals surface area (Å²) in [5.41, 5.74) is 5.41. The molecule has 148 valence electrons. The van der Waals surface area contributed by atoms with Crippen LogP contribution in [0.3, 0.4) is 0 Å². The summed E-state index contributed by atoms with van der Waals surface area (Å²) in [5, 5.41) is 7.90. The standard InChI is InChI=1S/C23H25N5O/c1-3-7-19-21-22(28(2)27-19)23(29)26-20(25-21)14-16-10-12-18(13-11-16)24-15-17-8-5-4-6-9-17/h4-6,8-13,24H,3,7,14-15H2,1-2H3,(H,25,26,29). The molecule has 4 aromatic rings. The monoisotopic (exact) mass is 387 g/mol. The Kier molecular flexibility index (Phi) is 5.42. The molecule has 4 rings (SSSR count). The molecule has 0 saturated carbocycles. The second-order valence-electron chi connectivity index (χ2n) is 7.24. The van der Waals surface area contributed by atoms with Gasteiger partial charge in [0.25, 0.3) is 5.56 Å². The fraction of sp³-hybridized carbons (Fsp3) is 0.261. The number of anilines is 1. The van der Waals surface area contributed by atoms with E-state index in [9.17, 15) is 4.79 Å². The van der Waals surface area contributed by atoms with Crippen LogP contribution in [-0.2, 0) is 26.4 Å². The van der Waals surface area contributed by atoms with Crippen molar-refractivity contribution < 1.29 is 0 Å². The van der Waals surface area contributed by atoms with Crippen LogP contribution in [0.1, 0.15) is 36.0 Å². The minimum atomic E-state index is -0.136. The number of nitrogens with one attached hydrogen (secondary N) is 2. The van der Waals surface area contributed by atoms with Crippen LogP contribution in [0, 0.1) is 0 Å². The van der Waals surface area contributed by atoms with Gasteiger partial charge in [0.1, 0.15) is 11.3 Å². The molecule has 2 aromatic heterocycles. The first-order valence-corrected chi connectivity index (χ1v) is 9.95. The molecule has 29 heavy (non-hydrogen) atoms. The van der Waals surface area contributed by atoms with Crippen LogP contribution in [-0.4, -0.2) is 19.7 Å². The van der Waals surface area contributed by atoms with E-state index in [1.807, 2.05) is 18.2 Å². The van der Waals surface area contributed by atoms with Crippen molar-refractivity contribution in [1.29, 1.82) is 0 Å². The van der Waals surface area contributed by atoms with Crippen LogP contribution in [0.25, 0.3) is 11.0 Å². The van der Waals surface area contributed by atoms with Crippen molar-refractivity contribution in [2.75, 3.05) is 5.32 Å². The summed E-state index contributed by atoms with van der Waals surface area (Å²) in [7, 11) is 1.79. The highest BCUT2D eigenvalue weighted by Gasteiger charge is 2.14. The number of aromatic amines is 1. The van der Waals surface area contributed by atoms with E-state index in [0.29, 0.717) is 23.3 Å². The van der Waals surface area contributed by atoms with Gasteiger partial charge in [-0.15, -0.1) is 0 Å². The molecule has 0 saturated heterocycles. The summed E-state index contributed by atoms with van der Waals surface area (Å²) in [6.07, 6.45) is 2.35. The van der Waals surface area contributed by atoms with Gasteiger partial charge in [-0.25, -0.2) is 4.98 Å². The fourth-order valence-electron chi connectivity index (χ4n) is 3.52. The lowest BCUT2D eigenvalue weighted by Crippen LogP contribution is -2.14. The normalized spacial score (nSPS) is 11.1. The van der Waals surface area contributed by atoms with Crippen LogP contribution in [0.2, 0.25) is 0 Å². The number of rotatable bonds is 7. The first-order chi connectivity index (χ1) is 14.1. The van der Waals surface area contributed by atoms with Gasteiger partial charge < -0.3 is 10.3 Å². The van der Waals surface area contributed by atoms with Crippen LogP contribution < -0.4 is 10.9 Å². The van der Waals surface area contributed by atoms with E-state index in [4.69, 9.17) is 4.98 Å². The zero-order valence-electron chi connectivity index (χ0n) is 16.8. The number of fused-ring (bicyclic) bond motifs is 1. The second kappa shape index (κ2) is 8.31. The van der Waals surface area contributed by atoms with E-state index in [1.165, 1.54) is 5.56 Å². The molecule has 0 aliphatic carbocycles. The number of aryl methyl sites for hydroxylation is 2. The predicted molar refractivity (Wildman–Crippen MR) is 116 cm³/mol. The minimum Gasteiger partial charge on any atom is -0.381 e. The molecule has 6 heteroatoms. The molecule has 0 atom stereocenters. The van der Waals surface area contributed by atoms with E-state index in [1.54, 1.807) is 11.7 Å². The molecule has 0 amide bonds. The van der Waals surface area contributed by atoms with Gasteiger partial charge >= 0.3 is 0 Å². The van der Waals surface area contributed by atoms with Crippen molar-refractivity contribution in [3.8, 4) is 0 Å². The highest BCUT2D eigenvalue weighted by atomic mass is 16.1. The van der Waals surface area contributed by atoms with E-state index >= 15 is 0 Å². The summed E-state index contributed by atoms with van der Waals surface area (Å²) in [4.78, 5) is 20.2. The molecule has 2 heterocycles. The minimum absolute atomic E-state index is 0.136. The van der Waals surface area contributed by atoms with Gasteiger partial charge in [0.2, 0.25) is 0 Å². The van der Waals surface area contributed by atoms with Crippen LogP contribution in [0.15, 0.2) is 59.4 Å². The Morgan fingerprint density at radius 2 is 1.79 bits per heavy atom. The Morgan fingerprint density at radius 3 is 2.52 bits per heavy atom. The lowest BCUT2D eigenvalue weighted by Gasteiger charge is -2.08. The number of benzene rings is 2. The van der Waals surface area contributed by atoms with Gasteiger partial charge in [-0.3, -0.25) is 9.48 Å². The zero-order valence-corrected chi connectivity index (χ0v) is 16.8. The van der Waals surface area contributed by atoms with E-state index in [-0.39, 0.29) is 5.56 Å². The SMILES string of the molecule is CCCc1nn(C)c2c(=O)[nH]c(Cc3ccc(NCc4ccccc4)cc3)nc12. The van der Waals surface area contributed by atoms with Crippen LogP contribution in [0.4, 0.5) is 5.69 Å². The van der Waals surface area contributed by atoms with Gasteiger partial charge in [-0.1, -0.05) is 55.8 Å². The summed E-state index contributed by atoms with van der Waals surface area (Å²) in [5.74, 6) is 0.665. The first-order valence-electron chi connectivity index (χ1n) is 9.95. The third-order valence-corrected chi connectivity index (χ3v) is 4.96. The third-order valence-electron chi connectivity index (χ3n) is 4.96. The molecule has 0 unspecified atom stereocenters. The highest BCUT2D eigenvalue weighted by Crippen LogP contribution is 2.16. The number of hydrogen-bond acceptors (Lipinski definition) is 4. The Bertz CT molecular complexity index is 1160. The smallest absolute Gasteiger partial charge is 0.277 e. The summed E-state index contributed by atoms with van der Waals surface area (Å²) in [6.45, 7) is 2.88. The van der Waals surface area contributed by atoms with Crippen molar-refractivity contribution in [3.63, 3.8) is 0 Å². The third kappa shape index (κ3) is 4.21. The molecule has 0 radical (unpaired) electrons. The van der Waals surface area contributed by atoms with Crippen molar-refractivity contribution in [3.05, 3.63) is 87.6 Å². The van der Waals surface area contributed by atoms with Crippen molar-refractivity contribution in [2.24, 2.45) is 7.05 Å². The van der Waals surface area contributed by atoms with Gasteiger partial charge in [0.05, 0.1) is 5.69 Å². The molecule has 2 N–H and O–H groups in total. The summed E-state index contributed by atoms with van der Waals surface area (Å²) in [6, 6.07) is 18.5. The lowest BCUT2D eigenvalue weighted by molar-refractivity contribution is 0.750. The molecule has 0 aliphatic heterocycles. The van der Waals surface area contributed by atoms with Crippen LogP contribution >= 0.6 is 0 Å². The predicted octanol–water partition coefficient (Wildman–Crippen LogP) is 3.81. The highest BCUT2D eigenvalue weighted by molar-refractivity contribution is 5.76. The Hall–Kier alpha value is -3.41. The van der Waals surface area contributed by atoms with E-state index in [0.717, 1.165) is 36.3 Å². The maximum atomic E-state index is 12.5. The van der Waals surface area contributed by atoms with E-state index in [2.05, 4.69) is 58.7 Å². The fourth-order valence-corrected chi connectivity index (χ4v) is 3.52. The van der Waals surface area contributed by atoms with Crippen molar-refractivity contribution in [2.45, 2.75) is 32.7 Å². The molecular weight excluding hydrogens is 362 g/mol. The maximum Gasteiger partial charge on any atom is 0.277 e. The Labute approximate surface area is 169 Å². The van der Waals surface area contributed by atoms with Gasteiger partial charge in [0, 0.05) is 25.7 Å². The molecule has 0 aliphatic rings. The van der Waals surface area contributed by atoms with Crippen molar-refractivity contribution in [1.82, 2.24) is 19.7 Å². The van der Waals surface area contributed by atoms with Gasteiger partial charge in [-0.05, 0) is 29.7 Å². The lowest BCUT2D eigenvalue weighted by atomic mass is 10.1. The van der Waals surface area contributed by atoms with E-state index < -0.39 is 0 Å². The molecule has 0 bridgehead atoms. The first kappa shape index (κ1) is 18.9. The second-order valence-corrected chi connectivity index (χ2v) is 7.24. The number of aromatic nitrogens is 4. The quantitative estimate of drug-likeness (QED) is 0.506. The zero-order chi connectivity index (χ0) is 20.2. The molecule has 6 nitrogen and oxygen atoms in total. The largest absolute Gasteiger partial charge is 0.381 e. The Balaban J connectivity index is 1.51. The molecular formula is C23H25N5O. The summed E-state index contributed by atoms with van der Waals surface area (Å²) < 4.78 is 1.63. The van der Waals surface area contributed by atoms with Gasteiger partial charge in [-0.2, -0.15) is 5.10 Å². The topological polar surface area (TPSA) is 75.6 Å². The number of H-pyrrole nitrogens is 1. The average molecular weight is 387 g/mol. The molecule has 0 spiro atoms. The molecule has 0 fully saturated rings. The Morgan fingerprint density at radius 1 is 1.03 bits per heavy atom.